The van der Waals surface area contributed by atoms with Crippen LogP contribution in [0.2, 0.25) is 0 Å². The third kappa shape index (κ3) is 3.60. The Morgan fingerprint density at radius 1 is 1.37 bits per heavy atom. The van der Waals surface area contributed by atoms with Crippen molar-refractivity contribution >= 4 is 16.7 Å². The third-order valence-electron chi connectivity index (χ3n) is 3.19. The first-order valence-corrected chi connectivity index (χ1v) is 6.93. The molecule has 0 amide bonds. The summed E-state index contributed by atoms with van der Waals surface area (Å²) in [6.45, 7) is 4.49. The van der Waals surface area contributed by atoms with E-state index in [0.29, 0.717) is 6.42 Å². The molecule has 0 bridgehead atoms. The summed E-state index contributed by atoms with van der Waals surface area (Å²) in [5.41, 5.74) is 2.39. The maximum atomic E-state index is 11.0. The van der Waals surface area contributed by atoms with Gasteiger partial charge in [0.25, 0.3) is 0 Å². The van der Waals surface area contributed by atoms with E-state index in [1.807, 2.05) is 12.3 Å². The van der Waals surface area contributed by atoms with E-state index in [-0.39, 0.29) is 5.78 Å². The van der Waals surface area contributed by atoms with E-state index in [0.717, 1.165) is 37.1 Å². The van der Waals surface area contributed by atoms with Gasteiger partial charge in [0, 0.05) is 23.5 Å². The van der Waals surface area contributed by atoms with Crippen molar-refractivity contribution in [2.24, 2.45) is 0 Å². The second kappa shape index (κ2) is 6.41. The summed E-state index contributed by atoms with van der Waals surface area (Å²) < 4.78 is 5.66. The fourth-order valence-electron chi connectivity index (χ4n) is 2.20. The summed E-state index contributed by atoms with van der Waals surface area (Å²) in [5, 5.41) is 1.21. The fourth-order valence-corrected chi connectivity index (χ4v) is 2.20. The molecule has 0 radical (unpaired) electrons. The largest absolute Gasteiger partial charge is 0.494 e. The van der Waals surface area contributed by atoms with Gasteiger partial charge in [-0.1, -0.05) is 6.92 Å². The number of hydrogen-bond donors (Lipinski definition) is 1. The summed E-state index contributed by atoms with van der Waals surface area (Å²) >= 11 is 0. The molecule has 0 saturated carbocycles. The number of aromatic nitrogens is 1. The molecule has 0 aliphatic heterocycles. The number of Topliss-reactive ketones (excluding diaryl/α,β-unsaturated/α-hetero) is 1. The number of benzene rings is 1. The Kier molecular flexibility index (Phi) is 4.61. The molecule has 102 valence electrons. The molecule has 0 aliphatic carbocycles. The molecule has 0 spiro atoms. The topological polar surface area (TPSA) is 42.1 Å². The molecule has 3 nitrogen and oxygen atoms in total. The van der Waals surface area contributed by atoms with Crippen LogP contribution >= 0.6 is 0 Å². The first kappa shape index (κ1) is 13.7. The van der Waals surface area contributed by atoms with Gasteiger partial charge in [0.15, 0.2) is 0 Å². The van der Waals surface area contributed by atoms with Gasteiger partial charge < -0.3 is 14.5 Å². The van der Waals surface area contributed by atoms with Crippen LogP contribution in [0, 0.1) is 0 Å². The molecule has 1 heterocycles. The zero-order valence-electron chi connectivity index (χ0n) is 11.7. The van der Waals surface area contributed by atoms with Crippen LogP contribution < -0.4 is 4.74 Å². The van der Waals surface area contributed by atoms with Gasteiger partial charge in [-0.25, -0.2) is 0 Å². The van der Waals surface area contributed by atoms with E-state index in [1.165, 1.54) is 10.9 Å². The third-order valence-corrected chi connectivity index (χ3v) is 3.19. The number of ketones is 1. The van der Waals surface area contributed by atoms with Gasteiger partial charge in [-0.2, -0.15) is 0 Å². The van der Waals surface area contributed by atoms with E-state index in [2.05, 4.69) is 24.0 Å². The van der Waals surface area contributed by atoms with Gasteiger partial charge in [-0.3, -0.25) is 0 Å². The smallest absolute Gasteiger partial charge is 0.129 e. The Morgan fingerprint density at radius 2 is 2.21 bits per heavy atom. The Morgan fingerprint density at radius 3 is 2.95 bits per heavy atom. The maximum Gasteiger partial charge on any atom is 0.129 e. The van der Waals surface area contributed by atoms with Gasteiger partial charge in [0.1, 0.15) is 11.5 Å². The number of rotatable bonds is 7. The standard InChI is InChI=1S/C16H21NO2/c1-3-9-19-14-7-8-16-15(10-14)13(11-17-16)6-4-5-12(2)18/h7-8,10-11,17H,3-6,9H2,1-2H3. The number of nitrogens with one attached hydrogen (secondary N) is 1. The van der Waals surface area contributed by atoms with Crippen molar-refractivity contribution in [3.63, 3.8) is 0 Å². The summed E-state index contributed by atoms with van der Waals surface area (Å²) in [6.07, 6.45) is 5.53. The number of fused-ring (bicyclic) bond motifs is 1. The SMILES string of the molecule is CCCOc1ccc2[nH]cc(CCCC(C)=O)c2c1. The Hall–Kier alpha value is -1.77. The lowest BCUT2D eigenvalue weighted by atomic mass is 10.1. The van der Waals surface area contributed by atoms with E-state index in [9.17, 15) is 4.79 Å². The molecule has 0 fully saturated rings. The Balaban J connectivity index is 2.12. The second-order valence-electron chi connectivity index (χ2n) is 4.93. The highest BCUT2D eigenvalue weighted by Gasteiger charge is 2.06. The minimum Gasteiger partial charge on any atom is -0.494 e. The van der Waals surface area contributed by atoms with Crippen LogP contribution in [0.25, 0.3) is 10.9 Å². The van der Waals surface area contributed by atoms with Crippen molar-refractivity contribution in [1.82, 2.24) is 4.98 Å². The van der Waals surface area contributed by atoms with Crippen molar-refractivity contribution < 1.29 is 9.53 Å². The Bertz CT molecular complexity index is 557. The highest BCUT2D eigenvalue weighted by atomic mass is 16.5. The first-order valence-electron chi connectivity index (χ1n) is 6.93. The molecule has 0 aliphatic rings. The van der Waals surface area contributed by atoms with Crippen molar-refractivity contribution in [2.45, 2.75) is 39.5 Å². The lowest BCUT2D eigenvalue weighted by Gasteiger charge is -2.05. The summed E-state index contributed by atoms with van der Waals surface area (Å²) in [6, 6.07) is 6.13. The summed E-state index contributed by atoms with van der Waals surface area (Å²) in [5.74, 6) is 1.17. The monoisotopic (exact) mass is 259 g/mol. The second-order valence-corrected chi connectivity index (χ2v) is 4.93. The van der Waals surface area contributed by atoms with Crippen LogP contribution in [-0.2, 0) is 11.2 Å². The summed E-state index contributed by atoms with van der Waals surface area (Å²) in [7, 11) is 0. The predicted molar refractivity (Wildman–Crippen MR) is 77.7 cm³/mol. The van der Waals surface area contributed by atoms with Crippen LogP contribution in [0.1, 0.15) is 38.7 Å². The molecule has 1 aromatic carbocycles. The number of aromatic amines is 1. The predicted octanol–water partition coefficient (Wildman–Crippen LogP) is 3.87. The van der Waals surface area contributed by atoms with Gasteiger partial charge in [0.2, 0.25) is 0 Å². The molecule has 0 saturated heterocycles. The van der Waals surface area contributed by atoms with E-state index in [4.69, 9.17) is 4.74 Å². The van der Waals surface area contributed by atoms with Gasteiger partial charge in [0.05, 0.1) is 6.61 Å². The van der Waals surface area contributed by atoms with Gasteiger partial charge in [-0.15, -0.1) is 0 Å². The van der Waals surface area contributed by atoms with Crippen LogP contribution in [0.5, 0.6) is 5.75 Å². The normalized spacial score (nSPS) is 10.8. The number of ether oxygens (including phenoxy) is 1. The molecule has 19 heavy (non-hydrogen) atoms. The lowest BCUT2D eigenvalue weighted by Crippen LogP contribution is -1.95. The zero-order valence-corrected chi connectivity index (χ0v) is 11.7. The number of aryl methyl sites for hydroxylation is 1. The van der Waals surface area contributed by atoms with Crippen LogP contribution in [0.15, 0.2) is 24.4 Å². The molecule has 0 atom stereocenters. The van der Waals surface area contributed by atoms with Crippen LogP contribution in [0.4, 0.5) is 0 Å². The molecule has 2 rings (SSSR count). The van der Waals surface area contributed by atoms with Crippen LogP contribution in [-0.4, -0.2) is 17.4 Å². The Labute approximate surface area is 114 Å². The van der Waals surface area contributed by atoms with Crippen molar-refractivity contribution in [1.29, 1.82) is 0 Å². The molecule has 1 aromatic heterocycles. The number of hydrogen-bond acceptors (Lipinski definition) is 2. The number of carbonyl (C=O) groups is 1. The zero-order chi connectivity index (χ0) is 13.7. The molecular formula is C16H21NO2. The van der Waals surface area contributed by atoms with Crippen molar-refractivity contribution in [3.05, 3.63) is 30.0 Å². The lowest BCUT2D eigenvalue weighted by molar-refractivity contribution is -0.117. The molecule has 1 N–H and O–H groups in total. The van der Waals surface area contributed by atoms with E-state index in [1.54, 1.807) is 6.92 Å². The van der Waals surface area contributed by atoms with Gasteiger partial charge >= 0.3 is 0 Å². The van der Waals surface area contributed by atoms with E-state index < -0.39 is 0 Å². The van der Waals surface area contributed by atoms with Crippen LogP contribution in [0.3, 0.4) is 0 Å². The highest BCUT2D eigenvalue weighted by molar-refractivity contribution is 5.84. The quantitative estimate of drug-likeness (QED) is 0.820. The minimum absolute atomic E-state index is 0.256. The maximum absolute atomic E-state index is 11.0. The average molecular weight is 259 g/mol. The van der Waals surface area contributed by atoms with Crippen molar-refractivity contribution in [3.8, 4) is 5.75 Å². The molecule has 3 heteroatoms. The minimum atomic E-state index is 0.256. The summed E-state index contributed by atoms with van der Waals surface area (Å²) in [4.78, 5) is 14.2. The van der Waals surface area contributed by atoms with Crippen molar-refractivity contribution in [2.75, 3.05) is 6.61 Å². The highest BCUT2D eigenvalue weighted by Crippen LogP contribution is 2.25. The first-order chi connectivity index (χ1) is 9.20. The van der Waals surface area contributed by atoms with Gasteiger partial charge in [-0.05, 0) is 49.9 Å². The molecular weight excluding hydrogens is 238 g/mol. The number of H-pyrrole nitrogens is 1. The molecule has 2 aromatic rings. The molecule has 0 unspecified atom stereocenters. The van der Waals surface area contributed by atoms with E-state index >= 15 is 0 Å². The average Bonchev–Trinajstić information content (AvgIpc) is 2.79. The number of carbonyl (C=O) groups excluding carboxylic acids is 1. The fraction of sp³-hybridized carbons (Fsp3) is 0.438.